The lowest BCUT2D eigenvalue weighted by atomic mass is 9.93. The summed E-state index contributed by atoms with van der Waals surface area (Å²) in [7, 11) is -2.10. The van der Waals surface area contributed by atoms with E-state index in [1.807, 2.05) is 6.07 Å². The Labute approximate surface area is 255 Å². The number of morpholine rings is 1. The molecule has 1 aliphatic carbocycles. The smallest absolute Gasteiger partial charge is 0.232 e. The first-order valence-corrected chi connectivity index (χ1v) is 16.3. The zero-order valence-electron chi connectivity index (χ0n) is 24.6. The second kappa shape index (κ2) is 12.8. The summed E-state index contributed by atoms with van der Waals surface area (Å²) in [6.45, 7) is 2.55. The number of aromatic nitrogens is 6. The maximum atomic E-state index is 13.0. The lowest BCUT2D eigenvalue weighted by Crippen LogP contribution is -2.37. The lowest BCUT2D eigenvalue weighted by molar-refractivity contribution is 0.122. The quantitative estimate of drug-likeness (QED) is 0.247. The Balaban J connectivity index is 1.30. The summed E-state index contributed by atoms with van der Waals surface area (Å²) in [4.78, 5) is 24.3. The largest absolute Gasteiger partial charge is 0.759 e. The van der Waals surface area contributed by atoms with Crippen molar-refractivity contribution in [3.63, 3.8) is 0 Å². The number of nitrogens with one attached hydrogen (secondary N) is 2. The number of nitrogens with zero attached hydrogens (tertiary/aromatic N) is 8. The Bertz CT molecular complexity index is 1690. The van der Waals surface area contributed by atoms with Crippen LogP contribution in [0, 0.1) is 5.21 Å². The van der Waals surface area contributed by atoms with Crippen LogP contribution in [0.3, 0.4) is 0 Å². The van der Waals surface area contributed by atoms with E-state index in [2.05, 4.69) is 30.2 Å². The maximum Gasteiger partial charge on any atom is 0.232 e. The molecule has 0 spiro atoms. The number of rotatable bonds is 10. The number of hydrogen-bond acceptors (Lipinski definition) is 13. The normalized spacial score (nSPS) is 19.1. The van der Waals surface area contributed by atoms with Crippen molar-refractivity contribution in [1.82, 2.24) is 29.5 Å². The topological polar surface area (TPSA) is 176 Å². The predicted molar refractivity (Wildman–Crippen MR) is 166 cm³/mol. The van der Waals surface area contributed by atoms with E-state index in [1.54, 1.807) is 37.1 Å². The maximum absolute atomic E-state index is 13.0. The van der Waals surface area contributed by atoms with E-state index >= 15 is 0 Å². The van der Waals surface area contributed by atoms with Gasteiger partial charge in [0.25, 0.3) is 0 Å². The summed E-state index contributed by atoms with van der Waals surface area (Å²) in [6.07, 6.45) is 10.8. The van der Waals surface area contributed by atoms with Crippen LogP contribution in [0.15, 0.2) is 43.0 Å². The number of anilines is 4. The first kappa shape index (κ1) is 29.8. The third kappa shape index (κ3) is 6.61. The van der Waals surface area contributed by atoms with Crippen LogP contribution >= 0.6 is 0 Å². The van der Waals surface area contributed by atoms with E-state index < -0.39 is 10.0 Å². The molecule has 234 valence electrons. The van der Waals surface area contributed by atoms with E-state index in [0.29, 0.717) is 60.4 Å². The highest BCUT2D eigenvalue weighted by molar-refractivity contribution is 7.92. The summed E-state index contributed by atoms with van der Waals surface area (Å²) in [5.41, 5.74) is 3.27. The van der Waals surface area contributed by atoms with Crippen molar-refractivity contribution in [2.24, 2.45) is 7.05 Å². The number of fused-ring (bicyclic) bond motifs is 1. The third-order valence-corrected chi connectivity index (χ3v) is 9.11. The molecule has 0 unspecified atom stereocenters. The summed E-state index contributed by atoms with van der Waals surface area (Å²) >= 11 is 0. The summed E-state index contributed by atoms with van der Waals surface area (Å²) in [6, 6.07) is 5.67. The molecule has 1 saturated heterocycles. The molecule has 2 N–H and O–H groups in total. The monoisotopic (exact) mass is 623 g/mol. The predicted octanol–water partition coefficient (Wildman–Crippen LogP) is 2.67. The first-order valence-electron chi connectivity index (χ1n) is 14.5. The van der Waals surface area contributed by atoms with Gasteiger partial charge in [-0.05, 0) is 37.8 Å². The summed E-state index contributed by atoms with van der Waals surface area (Å²) < 4.78 is 40.8. The Morgan fingerprint density at radius 2 is 1.82 bits per heavy atom. The molecule has 0 radical (unpaired) electrons. The van der Waals surface area contributed by atoms with Crippen molar-refractivity contribution in [2.45, 2.75) is 44.4 Å². The first-order chi connectivity index (χ1) is 21.3. The lowest BCUT2D eigenvalue weighted by Gasteiger charge is -2.31. The van der Waals surface area contributed by atoms with Crippen molar-refractivity contribution in [3.05, 3.63) is 53.9 Å². The van der Waals surface area contributed by atoms with E-state index in [1.165, 1.54) is 21.3 Å². The number of ether oxygens (including phenoxy) is 2. The highest BCUT2D eigenvalue weighted by atomic mass is 32.2. The van der Waals surface area contributed by atoms with Crippen molar-refractivity contribution in [3.8, 4) is 5.88 Å². The fourth-order valence-corrected chi connectivity index (χ4v) is 6.37. The Kier molecular flexibility index (Phi) is 8.63. The average Bonchev–Trinajstić information content (AvgIpc) is 3.39. The van der Waals surface area contributed by atoms with Gasteiger partial charge in [-0.15, -0.1) is 0 Å². The van der Waals surface area contributed by atoms with Gasteiger partial charge in [0.1, 0.15) is 11.9 Å². The number of hydrogen-bond donors (Lipinski definition) is 2. The van der Waals surface area contributed by atoms with Gasteiger partial charge in [-0.3, -0.25) is 9.29 Å². The summed E-state index contributed by atoms with van der Waals surface area (Å²) in [5, 5.41) is 15.2. The molecule has 0 aromatic carbocycles. The van der Waals surface area contributed by atoms with Gasteiger partial charge < -0.3 is 34.9 Å². The molecule has 15 nitrogen and oxygen atoms in total. The molecular formula is C28H35N10O5S-. The molecule has 44 heavy (non-hydrogen) atoms. The van der Waals surface area contributed by atoms with E-state index in [4.69, 9.17) is 14.5 Å². The van der Waals surface area contributed by atoms with Crippen LogP contribution < -0.4 is 24.7 Å². The standard InChI is InChI=1S/C28H35N10O5S/c1-36-21(17-32-28(36)35-39)18-38(44(2,40)41)20-14-23-24(31-16-20)15-25(37-10-12-42-13-11-37)34-26(23)43-22-6-4-19(5-7-22)33-27-29-8-3-9-30-27/h3,8-9,14-17,19,22H,4-7,10-13,18H2,1-2H3,(H2-,29,30,32,33,35,39)/q-1. The van der Waals surface area contributed by atoms with Crippen LogP contribution in [0.2, 0.25) is 0 Å². The van der Waals surface area contributed by atoms with Crippen LogP contribution in [0.4, 0.5) is 23.4 Å². The van der Waals surface area contributed by atoms with Crippen LogP contribution in [-0.2, 0) is 28.4 Å². The van der Waals surface area contributed by atoms with Gasteiger partial charge in [0, 0.05) is 44.6 Å². The van der Waals surface area contributed by atoms with Crippen molar-refractivity contribution < 1.29 is 17.9 Å². The Hall–Kier alpha value is -4.28. The molecule has 0 atom stereocenters. The Morgan fingerprint density at radius 1 is 1.07 bits per heavy atom. The minimum Gasteiger partial charge on any atom is -0.759 e. The van der Waals surface area contributed by atoms with Crippen molar-refractivity contribution in [2.75, 3.05) is 52.6 Å². The Morgan fingerprint density at radius 3 is 2.50 bits per heavy atom. The molecule has 4 aromatic rings. The van der Waals surface area contributed by atoms with Gasteiger partial charge in [-0.2, -0.15) is 4.98 Å². The van der Waals surface area contributed by atoms with Crippen LogP contribution in [-0.4, -0.2) is 82.6 Å². The number of sulfonamides is 1. The fourth-order valence-electron chi connectivity index (χ4n) is 5.52. The summed E-state index contributed by atoms with van der Waals surface area (Å²) in [5.74, 6) is 1.85. The van der Waals surface area contributed by atoms with Crippen LogP contribution in [0.1, 0.15) is 31.4 Å². The minimum atomic E-state index is -3.74. The molecule has 1 saturated carbocycles. The molecule has 1 aliphatic heterocycles. The van der Waals surface area contributed by atoms with Gasteiger partial charge in [0.05, 0.1) is 60.7 Å². The molecule has 2 fully saturated rings. The average molecular weight is 624 g/mol. The van der Waals surface area contributed by atoms with Crippen molar-refractivity contribution in [1.29, 1.82) is 0 Å². The molecule has 6 rings (SSSR count). The molecule has 5 heterocycles. The van der Waals surface area contributed by atoms with Crippen LogP contribution in [0.5, 0.6) is 5.88 Å². The van der Waals surface area contributed by atoms with E-state index in [-0.39, 0.29) is 24.6 Å². The zero-order valence-corrected chi connectivity index (χ0v) is 25.4. The van der Waals surface area contributed by atoms with Gasteiger partial charge in [0.15, 0.2) is 5.95 Å². The van der Waals surface area contributed by atoms with Gasteiger partial charge in [0.2, 0.25) is 21.9 Å². The number of pyridine rings is 2. The molecule has 4 aromatic heterocycles. The zero-order chi connectivity index (χ0) is 30.7. The van der Waals surface area contributed by atoms with Gasteiger partial charge >= 0.3 is 0 Å². The van der Waals surface area contributed by atoms with Crippen molar-refractivity contribution >= 4 is 44.3 Å². The second-order valence-corrected chi connectivity index (χ2v) is 12.9. The molecule has 2 aliphatic rings. The number of imidazole rings is 1. The van der Waals surface area contributed by atoms with E-state index in [9.17, 15) is 13.6 Å². The highest BCUT2D eigenvalue weighted by Gasteiger charge is 2.27. The molecule has 16 heteroatoms. The molecular weight excluding hydrogens is 588 g/mol. The highest BCUT2D eigenvalue weighted by Crippen LogP contribution is 2.34. The second-order valence-electron chi connectivity index (χ2n) is 11.0. The fraction of sp³-hybridized carbons (Fsp3) is 0.464. The van der Waals surface area contributed by atoms with Gasteiger partial charge in [-0.25, -0.2) is 23.4 Å². The molecule has 0 amide bonds. The third-order valence-electron chi connectivity index (χ3n) is 7.97. The minimum absolute atomic E-state index is 0.0468. The van der Waals surface area contributed by atoms with E-state index in [0.717, 1.165) is 37.8 Å². The SMILES string of the molecule is Cn1c(CN(c2cnc3cc(N4CCOCC4)nc(OC4CCC(Nc5ncccn5)CC4)c3c2)S(C)(=O)=O)cnc1N[O-]. The van der Waals surface area contributed by atoms with Gasteiger partial charge in [-0.1, -0.05) is 0 Å². The van der Waals surface area contributed by atoms with Crippen LogP contribution in [0.25, 0.3) is 10.9 Å². The molecule has 0 bridgehead atoms.